The summed E-state index contributed by atoms with van der Waals surface area (Å²) in [6.45, 7) is 4.02. The Morgan fingerprint density at radius 3 is 2.52 bits per heavy atom. The van der Waals surface area contributed by atoms with E-state index >= 15 is 0 Å². The number of likely N-dealkylation sites (N-methyl/N-ethyl adjacent to an activating group) is 1. The number of hydrogen-bond acceptors (Lipinski definition) is 5. The number of sulfonamides is 1. The van der Waals surface area contributed by atoms with Gasteiger partial charge in [-0.3, -0.25) is 4.79 Å². The zero-order valence-electron chi connectivity index (χ0n) is 12.7. The first-order chi connectivity index (χ1) is 9.70. The lowest BCUT2D eigenvalue weighted by Gasteiger charge is -2.18. The molecule has 1 aromatic carbocycles. The van der Waals surface area contributed by atoms with Crippen molar-refractivity contribution >= 4 is 27.3 Å². The number of nitrogens with zero attached hydrogens (tertiary/aromatic N) is 1. The van der Waals surface area contributed by atoms with Crippen LogP contribution in [0.1, 0.15) is 13.8 Å². The molecule has 1 aromatic rings. The first-order valence-corrected chi connectivity index (χ1v) is 8.00. The van der Waals surface area contributed by atoms with Gasteiger partial charge < -0.3 is 16.4 Å². The molecule has 1 rings (SSSR count). The van der Waals surface area contributed by atoms with E-state index in [2.05, 4.69) is 10.6 Å². The van der Waals surface area contributed by atoms with E-state index in [0.717, 1.165) is 4.31 Å². The third-order valence-electron chi connectivity index (χ3n) is 2.92. The quantitative estimate of drug-likeness (QED) is 0.662. The van der Waals surface area contributed by atoms with Crippen molar-refractivity contribution in [1.29, 1.82) is 0 Å². The minimum absolute atomic E-state index is 0.118. The molecule has 1 unspecified atom stereocenters. The zero-order valence-corrected chi connectivity index (χ0v) is 13.5. The molecule has 0 radical (unpaired) electrons. The SMILES string of the molecule is CCNC(=O)C(C)Nc1cc(S(=O)(=O)N(C)C)ccc1N. The molecule has 1 atom stereocenters. The van der Waals surface area contributed by atoms with Gasteiger partial charge in [-0.1, -0.05) is 0 Å². The lowest BCUT2D eigenvalue weighted by Crippen LogP contribution is -2.37. The van der Waals surface area contributed by atoms with E-state index in [9.17, 15) is 13.2 Å². The van der Waals surface area contributed by atoms with Crippen molar-refractivity contribution < 1.29 is 13.2 Å². The molecule has 1 amide bonds. The Hall–Kier alpha value is -1.80. The van der Waals surface area contributed by atoms with E-state index in [1.807, 2.05) is 6.92 Å². The Morgan fingerprint density at radius 1 is 1.38 bits per heavy atom. The third kappa shape index (κ3) is 4.08. The van der Waals surface area contributed by atoms with E-state index in [0.29, 0.717) is 17.9 Å². The molecule has 0 aliphatic rings. The molecule has 0 aliphatic carbocycles. The van der Waals surface area contributed by atoms with Gasteiger partial charge in [-0.05, 0) is 32.0 Å². The van der Waals surface area contributed by atoms with Crippen LogP contribution in [0, 0.1) is 0 Å². The molecule has 8 heteroatoms. The summed E-state index contributed by atoms with van der Waals surface area (Å²) in [5.74, 6) is -0.183. The molecular weight excluding hydrogens is 292 g/mol. The highest BCUT2D eigenvalue weighted by Gasteiger charge is 2.19. The predicted octanol–water partition coefficient (Wildman–Crippen LogP) is 0.456. The Morgan fingerprint density at radius 2 is 2.00 bits per heavy atom. The lowest BCUT2D eigenvalue weighted by atomic mass is 10.2. The van der Waals surface area contributed by atoms with Gasteiger partial charge >= 0.3 is 0 Å². The van der Waals surface area contributed by atoms with Gasteiger partial charge in [-0.25, -0.2) is 12.7 Å². The summed E-state index contributed by atoms with van der Waals surface area (Å²) in [6, 6.07) is 3.85. The fourth-order valence-electron chi connectivity index (χ4n) is 1.66. The number of hydrogen-bond donors (Lipinski definition) is 3. The molecule has 0 saturated heterocycles. The number of nitrogens with two attached hydrogens (primary N) is 1. The summed E-state index contributed by atoms with van der Waals surface area (Å²) in [7, 11) is -0.636. The van der Waals surface area contributed by atoms with Crippen LogP contribution in [0.2, 0.25) is 0 Å². The van der Waals surface area contributed by atoms with Crippen LogP contribution in [0.4, 0.5) is 11.4 Å². The standard InChI is InChI=1S/C13H22N4O3S/c1-5-15-13(18)9(2)16-12-8-10(6-7-11(12)14)21(19,20)17(3)4/h6-9,16H,5,14H2,1-4H3,(H,15,18). The van der Waals surface area contributed by atoms with Crippen LogP contribution in [0.3, 0.4) is 0 Å². The molecule has 0 aliphatic heterocycles. The molecule has 0 bridgehead atoms. The molecule has 0 fully saturated rings. The molecule has 0 heterocycles. The second-order valence-electron chi connectivity index (χ2n) is 4.80. The van der Waals surface area contributed by atoms with Crippen LogP contribution in [0.15, 0.2) is 23.1 Å². The highest BCUT2D eigenvalue weighted by Crippen LogP contribution is 2.24. The molecule has 118 valence electrons. The number of benzene rings is 1. The second kappa shape index (κ2) is 6.77. The minimum atomic E-state index is -3.55. The number of nitrogens with one attached hydrogen (secondary N) is 2. The molecule has 21 heavy (non-hydrogen) atoms. The topological polar surface area (TPSA) is 105 Å². The Bertz CT molecular complexity index is 614. The van der Waals surface area contributed by atoms with Gasteiger partial charge in [0.25, 0.3) is 0 Å². The van der Waals surface area contributed by atoms with Crippen LogP contribution in [0.25, 0.3) is 0 Å². The van der Waals surface area contributed by atoms with Gasteiger partial charge in [-0.15, -0.1) is 0 Å². The number of carbonyl (C=O) groups is 1. The number of nitrogen functional groups attached to an aromatic ring is 1. The zero-order chi connectivity index (χ0) is 16.2. The third-order valence-corrected chi connectivity index (χ3v) is 4.73. The highest BCUT2D eigenvalue weighted by molar-refractivity contribution is 7.89. The van der Waals surface area contributed by atoms with E-state index < -0.39 is 16.1 Å². The van der Waals surface area contributed by atoms with E-state index in [4.69, 9.17) is 5.73 Å². The number of anilines is 2. The number of rotatable bonds is 6. The largest absolute Gasteiger partial charge is 0.397 e. The Kier molecular flexibility index (Phi) is 5.56. The van der Waals surface area contributed by atoms with Crippen LogP contribution in [-0.4, -0.2) is 45.3 Å². The van der Waals surface area contributed by atoms with Crippen molar-refractivity contribution in [3.63, 3.8) is 0 Å². The summed E-state index contributed by atoms with van der Waals surface area (Å²) < 4.78 is 25.3. The smallest absolute Gasteiger partial charge is 0.242 e. The number of amides is 1. The van der Waals surface area contributed by atoms with Crippen LogP contribution in [0.5, 0.6) is 0 Å². The fourth-order valence-corrected chi connectivity index (χ4v) is 2.59. The summed E-state index contributed by atoms with van der Waals surface area (Å²) in [5.41, 5.74) is 6.62. The van der Waals surface area contributed by atoms with Gasteiger partial charge in [0.2, 0.25) is 15.9 Å². The molecule has 4 N–H and O–H groups in total. The molecule has 7 nitrogen and oxygen atoms in total. The van der Waals surface area contributed by atoms with Gasteiger partial charge in [0.1, 0.15) is 6.04 Å². The molecule has 0 aromatic heterocycles. The van der Waals surface area contributed by atoms with Gasteiger partial charge in [0, 0.05) is 20.6 Å². The van der Waals surface area contributed by atoms with Crippen molar-refractivity contribution in [1.82, 2.24) is 9.62 Å². The lowest BCUT2D eigenvalue weighted by molar-refractivity contribution is -0.121. The van der Waals surface area contributed by atoms with Crippen molar-refractivity contribution in [2.75, 3.05) is 31.7 Å². The van der Waals surface area contributed by atoms with Crippen molar-refractivity contribution in [3.05, 3.63) is 18.2 Å². The van der Waals surface area contributed by atoms with E-state index in [-0.39, 0.29) is 10.8 Å². The molecular formula is C13H22N4O3S. The second-order valence-corrected chi connectivity index (χ2v) is 6.95. The van der Waals surface area contributed by atoms with Crippen LogP contribution >= 0.6 is 0 Å². The highest BCUT2D eigenvalue weighted by atomic mass is 32.2. The molecule has 0 spiro atoms. The average Bonchev–Trinajstić information content (AvgIpc) is 2.40. The van der Waals surface area contributed by atoms with E-state index in [1.54, 1.807) is 6.92 Å². The summed E-state index contributed by atoms with van der Waals surface area (Å²) in [6.07, 6.45) is 0. The van der Waals surface area contributed by atoms with Gasteiger partial charge in [0.05, 0.1) is 16.3 Å². The Balaban J connectivity index is 3.07. The predicted molar refractivity (Wildman–Crippen MR) is 83.5 cm³/mol. The van der Waals surface area contributed by atoms with Crippen molar-refractivity contribution in [3.8, 4) is 0 Å². The monoisotopic (exact) mass is 314 g/mol. The molecule has 0 saturated carbocycles. The first kappa shape index (κ1) is 17.3. The van der Waals surface area contributed by atoms with Crippen molar-refractivity contribution in [2.45, 2.75) is 24.8 Å². The fraction of sp³-hybridized carbons (Fsp3) is 0.462. The van der Waals surface area contributed by atoms with Crippen molar-refractivity contribution in [2.24, 2.45) is 0 Å². The summed E-state index contributed by atoms with van der Waals surface area (Å²) >= 11 is 0. The first-order valence-electron chi connectivity index (χ1n) is 6.56. The normalized spacial score (nSPS) is 13.0. The Labute approximate surface area is 125 Å². The minimum Gasteiger partial charge on any atom is -0.397 e. The van der Waals surface area contributed by atoms with Crippen LogP contribution in [-0.2, 0) is 14.8 Å². The summed E-state index contributed by atoms with van der Waals surface area (Å²) in [5, 5.41) is 5.61. The maximum atomic E-state index is 12.1. The average molecular weight is 314 g/mol. The maximum Gasteiger partial charge on any atom is 0.242 e. The van der Waals surface area contributed by atoms with Crippen LogP contribution < -0.4 is 16.4 Å². The summed E-state index contributed by atoms with van der Waals surface area (Å²) in [4.78, 5) is 11.8. The van der Waals surface area contributed by atoms with Gasteiger partial charge in [-0.2, -0.15) is 0 Å². The van der Waals surface area contributed by atoms with Gasteiger partial charge in [0.15, 0.2) is 0 Å². The maximum absolute atomic E-state index is 12.1. The number of carbonyl (C=O) groups excluding carboxylic acids is 1. The van der Waals surface area contributed by atoms with E-state index in [1.165, 1.54) is 32.3 Å².